The maximum Gasteiger partial charge on any atom is 0.0665 e. The summed E-state index contributed by atoms with van der Waals surface area (Å²) >= 11 is 0. The Hall–Kier alpha value is -1.80. The van der Waals surface area contributed by atoms with E-state index < -0.39 is 0 Å². The van der Waals surface area contributed by atoms with E-state index >= 15 is 0 Å². The maximum atomic E-state index is 9.13. The van der Waals surface area contributed by atoms with Crippen LogP contribution < -0.4 is 10.6 Å². The van der Waals surface area contributed by atoms with Gasteiger partial charge in [-0.15, -0.1) is 0 Å². The molecule has 1 fully saturated rings. The van der Waals surface area contributed by atoms with Crippen LogP contribution in [-0.4, -0.2) is 44.3 Å². The number of piperazine rings is 1. The fraction of sp³-hybridized carbons (Fsp3) is 0.600. The average molecular weight is 275 g/mol. The van der Waals surface area contributed by atoms with Gasteiger partial charge in [-0.1, -0.05) is 6.08 Å². The fourth-order valence-electron chi connectivity index (χ4n) is 1.87. The highest BCUT2D eigenvalue weighted by Gasteiger charge is 2.26. The van der Waals surface area contributed by atoms with Crippen LogP contribution in [0.2, 0.25) is 0 Å². The number of aliphatic imine (C=N–C) groups is 1. The lowest BCUT2D eigenvalue weighted by Gasteiger charge is -2.25. The summed E-state index contributed by atoms with van der Waals surface area (Å²) < 4.78 is 0. The van der Waals surface area contributed by atoms with Crippen LogP contribution in [0.4, 0.5) is 0 Å². The van der Waals surface area contributed by atoms with Crippen LogP contribution in [0.3, 0.4) is 0 Å². The molecule has 0 aromatic rings. The van der Waals surface area contributed by atoms with Crippen LogP contribution in [0.25, 0.3) is 0 Å². The van der Waals surface area contributed by atoms with Crippen LogP contribution in [0.15, 0.2) is 29.7 Å². The largest absolute Gasteiger partial charge is 0.394 e. The third-order valence-electron chi connectivity index (χ3n) is 3.60. The molecule has 0 aromatic heterocycles. The molecule has 20 heavy (non-hydrogen) atoms. The first-order chi connectivity index (χ1) is 9.62. The van der Waals surface area contributed by atoms with Gasteiger partial charge in [0.2, 0.25) is 0 Å². The van der Waals surface area contributed by atoms with E-state index in [1.807, 2.05) is 45.6 Å². The fourth-order valence-corrected chi connectivity index (χ4v) is 1.87. The molecule has 1 saturated heterocycles. The Morgan fingerprint density at radius 3 is 2.75 bits per heavy atom. The van der Waals surface area contributed by atoms with Crippen LogP contribution in [0.5, 0.6) is 0 Å². The number of nitrogens with zero attached hydrogens (tertiary/aromatic N) is 3. The summed E-state index contributed by atoms with van der Waals surface area (Å²) in [4.78, 5) is 6.60. The van der Waals surface area contributed by atoms with Crippen molar-refractivity contribution in [3.05, 3.63) is 24.7 Å². The van der Waals surface area contributed by atoms with Crippen molar-refractivity contribution in [1.82, 2.24) is 15.5 Å². The van der Waals surface area contributed by atoms with Gasteiger partial charge in [0.25, 0.3) is 0 Å². The lowest BCUT2D eigenvalue weighted by molar-refractivity contribution is 0.323. The number of nitrogens with one attached hydrogen (secondary N) is 2. The van der Waals surface area contributed by atoms with Gasteiger partial charge >= 0.3 is 0 Å². The zero-order chi connectivity index (χ0) is 14.8. The smallest absolute Gasteiger partial charge is 0.0665 e. The molecule has 2 N–H and O–H groups in total. The first-order valence-electron chi connectivity index (χ1n) is 7.03. The predicted octanol–water partition coefficient (Wildman–Crippen LogP) is 1.33. The van der Waals surface area contributed by atoms with E-state index in [0.717, 1.165) is 26.2 Å². The number of nitriles is 1. The van der Waals surface area contributed by atoms with Crippen molar-refractivity contribution in [2.45, 2.75) is 13.8 Å². The minimum Gasteiger partial charge on any atom is -0.394 e. The van der Waals surface area contributed by atoms with Gasteiger partial charge in [-0.2, -0.15) is 5.26 Å². The van der Waals surface area contributed by atoms with Gasteiger partial charge in [0, 0.05) is 57.3 Å². The summed E-state index contributed by atoms with van der Waals surface area (Å²) in [5.41, 5.74) is -0.369. The van der Waals surface area contributed by atoms with Gasteiger partial charge in [-0.25, -0.2) is 0 Å². The monoisotopic (exact) mass is 275 g/mol. The lowest BCUT2D eigenvalue weighted by Crippen LogP contribution is -2.40. The van der Waals surface area contributed by atoms with Gasteiger partial charge in [-0.3, -0.25) is 4.99 Å². The number of allylic oxidation sites excluding steroid dienone is 1. The van der Waals surface area contributed by atoms with Gasteiger partial charge in [0.05, 0.1) is 12.0 Å². The van der Waals surface area contributed by atoms with Gasteiger partial charge in [-0.05, 0) is 20.0 Å². The topological polar surface area (TPSA) is 63.5 Å². The van der Waals surface area contributed by atoms with Crippen molar-refractivity contribution in [2.75, 3.05) is 33.2 Å². The minimum absolute atomic E-state index is 0.136. The Morgan fingerprint density at radius 2 is 2.15 bits per heavy atom. The normalized spacial score (nSPS) is 21.2. The second-order valence-electron chi connectivity index (χ2n) is 5.20. The first kappa shape index (κ1) is 16.3. The second-order valence-corrected chi connectivity index (χ2v) is 5.20. The molecule has 1 aliphatic heterocycles. The van der Waals surface area contributed by atoms with Crippen molar-refractivity contribution >= 4 is 6.21 Å². The van der Waals surface area contributed by atoms with E-state index in [2.05, 4.69) is 26.6 Å². The molecule has 0 spiro atoms. The number of rotatable bonds is 6. The van der Waals surface area contributed by atoms with Crippen molar-refractivity contribution in [2.24, 2.45) is 16.3 Å². The Kier molecular flexibility index (Phi) is 6.82. The third-order valence-corrected chi connectivity index (χ3v) is 3.60. The molecule has 2 atom stereocenters. The first-order valence-corrected chi connectivity index (χ1v) is 7.03. The highest BCUT2D eigenvalue weighted by Crippen LogP contribution is 2.26. The molecule has 5 nitrogen and oxygen atoms in total. The van der Waals surface area contributed by atoms with Crippen molar-refractivity contribution < 1.29 is 0 Å². The lowest BCUT2D eigenvalue weighted by atomic mass is 9.80. The molecular formula is C15H25N5. The Balaban J connectivity index is 2.64. The second kappa shape index (κ2) is 8.39. The Labute approximate surface area is 122 Å². The molecule has 0 radical (unpaired) electrons. The summed E-state index contributed by atoms with van der Waals surface area (Å²) in [6.45, 7) is 7.97. The molecule has 1 aliphatic rings. The zero-order valence-corrected chi connectivity index (χ0v) is 12.6. The number of hydrogen-bond acceptors (Lipinski definition) is 5. The molecular weight excluding hydrogens is 250 g/mol. The van der Waals surface area contributed by atoms with Gasteiger partial charge < -0.3 is 15.5 Å². The molecule has 0 aromatic carbocycles. The molecule has 0 amide bonds. The Morgan fingerprint density at radius 1 is 1.45 bits per heavy atom. The summed E-state index contributed by atoms with van der Waals surface area (Å²) in [5.74, 6) is -0.136. The van der Waals surface area contributed by atoms with Crippen LogP contribution in [0.1, 0.15) is 13.8 Å². The highest BCUT2D eigenvalue weighted by atomic mass is 15.2. The maximum absolute atomic E-state index is 9.13. The highest BCUT2D eigenvalue weighted by molar-refractivity contribution is 5.69. The predicted molar refractivity (Wildman–Crippen MR) is 83.2 cm³/mol. The van der Waals surface area contributed by atoms with Crippen molar-refractivity contribution in [1.29, 1.82) is 5.26 Å². The molecule has 2 unspecified atom stereocenters. The summed E-state index contributed by atoms with van der Waals surface area (Å²) in [6, 6.07) is 2.29. The average Bonchev–Trinajstić information content (AvgIpc) is 2.49. The summed E-state index contributed by atoms with van der Waals surface area (Å²) in [7, 11) is 1.84. The van der Waals surface area contributed by atoms with Crippen LogP contribution >= 0.6 is 0 Å². The zero-order valence-electron chi connectivity index (χ0n) is 12.6. The SMILES string of the molecule is CN/C=C\C(C)(/C=N\C=C\N1CCNCC1)C(C)C#N. The quantitative estimate of drug-likeness (QED) is 0.718. The molecule has 1 rings (SSSR count). The van der Waals surface area contributed by atoms with Crippen molar-refractivity contribution in [3.63, 3.8) is 0 Å². The third kappa shape index (κ3) is 5.06. The molecule has 0 aliphatic carbocycles. The van der Waals surface area contributed by atoms with Gasteiger partial charge in [0.1, 0.15) is 0 Å². The summed E-state index contributed by atoms with van der Waals surface area (Å²) in [6.07, 6.45) is 9.48. The molecule has 0 bridgehead atoms. The molecule has 1 heterocycles. The molecule has 5 heteroatoms. The van der Waals surface area contributed by atoms with Crippen LogP contribution in [0, 0.1) is 22.7 Å². The van der Waals surface area contributed by atoms with E-state index in [4.69, 9.17) is 5.26 Å². The minimum atomic E-state index is -0.369. The van der Waals surface area contributed by atoms with Crippen LogP contribution in [-0.2, 0) is 0 Å². The van der Waals surface area contributed by atoms with Gasteiger partial charge in [0.15, 0.2) is 0 Å². The number of hydrogen-bond donors (Lipinski definition) is 2. The van der Waals surface area contributed by atoms with E-state index in [-0.39, 0.29) is 11.3 Å². The standard InChI is InChI=1S/C15H25N5/c1-14(12-16)15(2,4-5-17-3)13-19-8-11-20-9-6-18-7-10-20/h4-5,8,11,13-14,17-18H,6-7,9-10H2,1-3H3/b5-4-,11-8+,19-13-. The Bertz CT molecular complexity index is 401. The molecule has 110 valence electrons. The van der Waals surface area contributed by atoms with E-state index in [1.54, 1.807) is 6.20 Å². The molecule has 0 saturated carbocycles. The van der Waals surface area contributed by atoms with E-state index in [0.29, 0.717) is 0 Å². The van der Waals surface area contributed by atoms with E-state index in [9.17, 15) is 0 Å². The summed E-state index contributed by atoms with van der Waals surface area (Å²) in [5, 5.41) is 15.4. The van der Waals surface area contributed by atoms with Crippen molar-refractivity contribution in [3.8, 4) is 6.07 Å². The van der Waals surface area contributed by atoms with E-state index in [1.165, 1.54) is 0 Å².